The maximum atomic E-state index is 2.33. The van der Waals surface area contributed by atoms with Gasteiger partial charge in [0, 0.05) is 0 Å². The topological polar surface area (TPSA) is 0 Å². The maximum absolute atomic E-state index is 2.33. The van der Waals surface area contributed by atoms with Gasteiger partial charge in [0.1, 0.15) is 0 Å². The predicted molar refractivity (Wildman–Crippen MR) is 101 cm³/mol. The Morgan fingerprint density at radius 2 is 1.22 bits per heavy atom. The van der Waals surface area contributed by atoms with Crippen molar-refractivity contribution in [1.82, 2.24) is 0 Å². The van der Waals surface area contributed by atoms with E-state index in [4.69, 9.17) is 0 Å². The Bertz CT molecular complexity index is 570. The average Bonchev–Trinajstić information content (AvgIpc) is 2.62. The highest BCUT2D eigenvalue weighted by Crippen LogP contribution is 2.28. The quantitative estimate of drug-likeness (QED) is 0.549. The molecule has 2 aromatic rings. The van der Waals surface area contributed by atoms with Crippen LogP contribution >= 0.6 is 0 Å². The summed E-state index contributed by atoms with van der Waals surface area (Å²) in [5.74, 6) is 0.981. The molecule has 3 rings (SSSR count). The Balaban J connectivity index is 1.57. The van der Waals surface area contributed by atoms with Gasteiger partial charge in [0.25, 0.3) is 0 Å². The second-order valence-electron chi connectivity index (χ2n) is 7.19. The second kappa shape index (κ2) is 8.34. The van der Waals surface area contributed by atoms with Crippen LogP contribution in [0.5, 0.6) is 0 Å². The molecule has 1 fully saturated rings. The maximum Gasteiger partial charge on any atom is -0.0184 e. The van der Waals surface area contributed by atoms with Crippen LogP contribution in [0.3, 0.4) is 0 Å². The van der Waals surface area contributed by atoms with Gasteiger partial charge in [0.15, 0.2) is 0 Å². The molecule has 0 aliphatic heterocycles. The molecule has 0 unspecified atom stereocenters. The molecule has 0 heteroatoms. The minimum absolute atomic E-state index is 0.981. The van der Waals surface area contributed by atoms with Gasteiger partial charge in [-0.3, -0.25) is 0 Å². The molecule has 0 N–H and O–H groups in total. The fourth-order valence-corrected chi connectivity index (χ4v) is 3.86. The van der Waals surface area contributed by atoms with Gasteiger partial charge < -0.3 is 0 Å². The third-order valence-corrected chi connectivity index (χ3v) is 5.35. The Hall–Kier alpha value is -1.56. The summed E-state index contributed by atoms with van der Waals surface area (Å²) in [4.78, 5) is 0. The van der Waals surface area contributed by atoms with Gasteiger partial charge in [-0.2, -0.15) is 0 Å². The molecular weight excluding hydrogens is 276 g/mol. The highest BCUT2D eigenvalue weighted by atomic mass is 14.2. The first kappa shape index (κ1) is 16.3. The third kappa shape index (κ3) is 4.70. The molecule has 0 amide bonds. The van der Waals surface area contributed by atoms with Gasteiger partial charge in [0.05, 0.1) is 0 Å². The van der Waals surface area contributed by atoms with Gasteiger partial charge in [-0.05, 0) is 47.4 Å². The number of rotatable bonds is 6. The standard InChI is InChI=1S/C23H30/c1-2-6-19-11-15-22(16-12-19)23-17-13-21(14-18-23)10-9-20-7-4-3-5-8-20/h11-18,20H,2-10H2,1H3. The second-order valence-corrected chi connectivity index (χ2v) is 7.19. The lowest BCUT2D eigenvalue weighted by molar-refractivity contribution is 0.339. The average molecular weight is 306 g/mol. The van der Waals surface area contributed by atoms with Crippen LogP contribution in [-0.2, 0) is 12.8 Å². The van der Waals surface area contributed by atoms with Crippen LogP contribution in [0.15, 0.2) is 48.5 Å². The normalized spacial score (nSPS) is 15.7. The monoisotopic (exact) mass is 306 g/mol. The van der Waals surface area contributed by atoms with E-state index in [1.54, 1.807) is 0 Å². The highest BCUT2D eigenvalue weighted by molar-refractivity contribution is 5.63. The summed E-state index contributed by atoms with van der Waals surface area (Å²) in [6.45, 7) is 2.24. The van der Waals surface area contributed by atoms with E-state index in [0.717, 1.165) is 5.92 Å². The van der Waals surface area contributed by atoms with Gasteiger partial charge in [0.2, 0.25) is 0 Å². The molecule has 0 spiro atoms. The summed E-state index contributed by atoms with van der Waals surface area (Å²) in [7, 11) is 0. The first-order valence-corrected chi connectivity index (χ1v) is 9.53. The zero-order chi connectivity index (χ0) is 15.9. The van der Waals surface area contributed by atoms with Crippen LogP contribution in [0, 0.1) is 5.92 Å². The molecule has 23 heavy (non-hydrogen) atoms. The summed E-state index contributed by atoms with van der Waals surface area (Å²) in [6, 6.07) is 18.3. The molecule has 1 aliphatic rings. The van der Waals surface area contributed by atoms with Crippen molar-refractivity contribution in [3.05, 3.63) is 59.7 Å². The van der Waals surface area contributed by atoms with Gasteiger partial charge in [-0.15, -0.1) is 0 Å². The van der Waals surface area contributed by atoms with Gasteiger partial charge in [-0.25, -0.2) is 0 Å². The van der Waals surface area contributed by atoms with E-state index in [9.17, 15) is 0 Å². The van der Waals surface area contributed by atoms with Crippen LogP contribution in [0.2, 0.25) is 0 Å². The van der Waals surface area contributed by atoms with E-state index >= 15 is 0 Å². The van der Waals surface area contributed by atoms with Crippen molar-refractivity contribution in [2.24, 2.45) is 5.92 Å². The Morgan fingerprint density at radius 1 is 0.696 bits per heavy atom. The van der Waals surface area contributed by atoms with Crippen molar-refractivity contribution in [1.29, 1.82) is 0 Å². The fourth-order valence-electron chi connectivity index (χ4n) is 3.86. The van der Waals surface area contributed by atoms with Crippen LogP contribution < -0.4 is 0 Å². The van der Waals surface area contributed by atoms with E-state index in [0.29, 0.717) is 0 Å². The van der Waals surface area contributed by atoms with Crippen molar-refractivity contribution >= 4 is 0 Å². The Morgan fingerprint density at radius 3 is 1.74 bits per heavy atom. The lowest BCUT2D eigenvalue weighted by atomic mass is 9.85. The molecule has 122 valence electrons. The molecule has 1 aliphatic carbocycles. The molecule has 1 saturated carbocycles. The minimum atomic E-state index is 0.981. The zero-order valence-electron chi connectivity index (χ0n) is 14.6. The Kier molecular flexibility index (Phi) is 5.91. The molecule has 0 bridgehead atoms. The van der Waals surface area contributed by atoms with Crippen molar-refractivity contribution in [3.63, 3.8) is 0 Å². The van der Waals surface area contributed by atoms with Crippen LogP contribution in [0.4, 0.5) is 0 Å². The van der Waals surface area contributed by atoms with Crippen LogP contribution in [0.25, 0.3) is 11.1 Å². The third-order valence-electron chi connectivity index (χ3n) is 5.35. The number of hydrogen-bond donors (Lipinski definition) is 0. The number of benzene rings is 2. The van der Waals surface area contributed by atoms with Crippen molar-refractivity contribution < 1.29 is 0 Å². The summed E-state index contributed by atoms with van der Waals surface area (Å²) in [5.41, 5.74) is 5.63. The van der Waals surface area contributed by atoms with E-state index in [1.807, 2.05) is 0 Å². The summed E-state index contributed by atoms with van der Waals surface area (Å²) in [6.07, 6.45) is 12.3. The van der Waals surface area contributed by atoms with Crippen LogP contribution in [-0.4, -0.2) is 0 Å². The lowest BCUT2D eigenvalue weighted by Gasteiger charge is -2.21. The summed E-state index contributed by atoms with van der Waals surface area (Å²) >= 11 is 0. The molecule has 0 heterocycles. The van der Waals surface area contributed by atoms with E-state index < -0.39 is 0 Å². The van der Waals surface area contributed by atoms with Gasteiger partial charge in [-0.1, -0.05) is 94.0 Å². The van der Waals surface area contributed by atoms with Gasteiger partial charge >= 0.3 is 0 Å². The zero-order valence-corrected chi connectivity index (χ0v) is 14.6. The minimum Gasteiger partial charge on any atom is -0.0651 e. The molecule has 0 saturated heterocycles. The smallest absolute Gasteiger partial charge is 0.0184 e. The SMILES string of the molecule is CCCc1ccc(-c2ccc(CCC3CCCCC3)cc2)cc1. The first-order chi connectivity index (χ1) is 11.3. The summed E-state index contributed by atoms with van der Waals surface area (Å²) < 4.78 is 0. The van der Waals surface area contributed by atoms with Crippen LogP contribution in [0.1, 0.15) is 63.0 Å². The molecule has 2 aromatic carbocycles. The Labute approximate surface area is 141 Å². The number of aryl methyl sites for hydroxylation is 2. The van der Waals surface area contributed by atoms with Crippen molar-refractivity contribution in [2.45, 2.75) is 64.7 Å². The van der Waals surface area contributed by atoms with E-state index in [1.165, 1.54) is 80.0 Å². The predicted octanol–water partition coefficient (Wildman–Crippen LogP) is 6.82. The summed E-state index contributed by atoms with van der Waals surface area (Å²) in [5, 5.41) is 0. The molecule has 0 aromatic heterocycles. The highest BCUT2D eigenvalue weighted by Gasteiger charge is 2.13. The first-order valence-electron chi connectivity index (χ1n) is 9.53. The number of hydrogen-bond acceptors (Lipinski definition) is 0. The molecular formula is C23H30. The van der Waals surface area contributed by atoms with E-state index in [2.05, 4.69) is 55.5 Å². The molecule has 0 atom stereocenters. The fraction of sp³-hybridized carbons (Fsp3) is 0.478. The molecule has 0 nitrogen and oxygen atoms in total. The van der Waals surface area contributed by atoms with Crippen molar-refractivity contribution in [3.8, 4) is 11.1 Å². The molecule has 0 radical (unpaired) electrons. The van der Waals surface area contributed by atoms with Crippen molar-refractivity contribution in [2.75, 3.05) is 0 Å². The lowest BCUT2D eigenvalue weighted by Crippen LogP contribution is -2.07. The van der Waals surface area contributed by atoms with E-state index in [-0.39, 0.29) is 0 Å². The largest absolute Gasteiger partial charge is 0.0651 e.